The maximum absolute atomic E-state index is 12.4. The number of carbonyl (C=O) groups is 1. The van der Waals surface area contributed by atoms with Crippen LogP contribution in [0.2, 0.25) is 0 Å². The van der Waals surface area contributed by atoms with Gasteiger partial charge in [-0.2, -0.15) is 5.10 Å². The van der Waals surface area contributed by atoms with E-state index in [2.05, 4.69) is 10.1 Å². The maximum Gasteiger partial charge on any atom is 0.348 e. The molecule has 0 aliphatic carbocycles. The summed E-state index contributed by atoms with van der Waals surface area (Å²) >= 11 is 1.39. The highest BCUT2D eigenvalue weighted by atomic mass is 32.1. The van der Waals surface area contributed by atoms with Gasteiger partial charge in [-0.25, -0.2) is 14.5 Å². The van der Waals surface area contributed by atoms with E-state index in [1.54, 1.807) is 6.20 Å². The predicted octanol–water partition coefficient (Wildman–Crippen LogP) is 3.49. The number of aromatic nitrogens is 4. The molecule has 25 heavy (non-hydrogen) atoms. The van der Waals surface area contributed by atoms with Crippen LogP contribution in [-0.2, 0) is 18.4 Å². The third-order valence-electron chi connectivity index (χ3n) is 4.00. The van der Waals surface area contributed by atoms with Crippen molar-refractivity contribution in [3.63, 3.8) is 0 Å². The molecule has 0 aliphatic rings. The van der Waals surface area contributed by atoms with Crippen molar-refractivity contribution in [2.45, 2.75) is 13.5 Å². The van der Waals surface area contributed by atoms with Crippen molar-refractivity contribution in [3.8, 4) is 5.69 Å². The Labute approximate surface area is 148 Å². The third-order valence-corrected chi connectivity index (χ3v) is 5.09. The standard InChI is InChI=1S/C18H16N4O2S/c1-12-14-10-15(18(23)24-11-16-19-8-9-21(16)2)25-17(14)22(20-12)13-6-4-3-5-7-13/h3-10H,11H2,1-2H3. The molecular weight excluding hydrogens is 336 g/mol. The van der Waals surface area contributed by atoms with Crippen LogP contribution in [-0.4, -0.2) is 25.3 Å². The Balaban J connectivity index is 1.63. The minimum Gasteiger partial charge on any atom is -0.453 e. The van der Waals surface area contributed by atoms with E-state index in [1.807, 2.05) is 65.8 Å². The molecule has 4 rings (SSSR count). The molecule has 0 bridgehead atoms. The minimum absolute atomic E-state index is 0.153. The molecular formula is C18H16N4O2S. The van der Waals surface area contributed by atoms with Gasteiger partial charge in [0.25, 0.3) is 0 Å². The Kier molecular flexibility index (Phi) is 3.85. The highest BCUT2D eigenvalue weighted by Gasteiger charge is 2.18. The summed E-state index contributed by atoms with van der Waals surface area (Å²) in [5, 5.41) is 5.55. The first kappa shape index (κ1) is 15.6. The van der Waals surface area contributed by atoms with Crippen LogP contribution in [0.15, 0.2) is 48.8 Å². The number of esters is 1. The van der Waals surface area contributed by atoms with Gasteiger partial charge in [0, 0.05) is 24.8 Å². The molecule has 126 valence electrons. The number of fused-ring (bicyclic) bond motifs is 1. The average Bonchev–Trinajstić information content (AvgIpc) is 3.31. The Hall–Kier alpha value is -2.93. The fourth-order valence-corrected chi connectivity index (χ4v) is 3.71. The molecule has 0 radical (unpaired) electrons. The summed E-state index contributed by atoms with van der Waals surface area (Å²) in [6, 6.07) is 11.7. The van der Waals surface area contributed by atoms with Crippen molar-refractivity contribution in [1.82, 2.24) is 19.3 Å². The van der Waals surface area contributed by atoms with Crippen LogP contribution < -0.4 is 0 Å². The highest BCUT2D eigenvalue weighted by molar-refractivity contribution is 7.20. The van der Waals surface area contributed by atoms with Gasteiger partial charge in [-0.05, 0) is 25.1 Å². The summed E-state index contributed by atoms with van der Waals surface area (Å²) in [6.45, 7) is 2.10. The van der Waals surface area contributed by atoms with Gasteiger partial charge in [0.2, 0.25) is 0 Å². The number of thiophene rings is 1. The van der Waals surface area contributed by atoms with E-state index < -0.39 is 0 Å². The Morgan fingerprint density at radius 2 is 2.08 bits per heavy atom. The molecule has 0 aliphatic heterocycles. The number of benzene rings is 1. The fourth-order valence-electron chi connectivity index (χ4n) is 2.63. The normalized spacial score (nSPS) is 11.1. The summed E-state index contributed by atoms with van der Waals surface area (Å²) in [6.07, 6.45) is 3.50. The lowest BCUT2D eigenvalue weighted by Crippen LogP contribution is -2.07. The quantitative estimate of drug-likeness (QED) is 0.528. The predicted molar refractivity (Wildman–Crippen MR) is 96.0 cm³/mol. The van der Waals surface area contributed by atoms with Gasteiger partial charge in [-0.3, -0.25) is 0 Å². The van der Waals surface area contributed by atoms with Crippen molar-refractivity contribution >= 4 is 27.5 Å². The number of nitrogens with zero attached hydrogens (tertiary/aromatic N) is 4. The summed E-state index contributed by atoms with van der Waals surface area (Å²) in [5.74, 6) is 0.365. The first-order valence-corrected chi connectivity index (χ1v) is 8.63. The van der Waals surface area contributed by atoms with Crippen LogP contribution in [0.4, 0.5) is 0 Å². The molecule has 1 aromatic carbocycles. The first-order valence-electron chi connectivity index (χ1n) is 7.81. The Morgan fingerprint density at radius 1 is 1.28 bits per heavy atom. The molecule has 6 nitrogen and oxygen atoms in total. The molecule has 7 heteroatoms. The lowest BCUT2D eigenvalue weighted by atomic mass is 10.3. The maximum atomic E-state index is 12.4. The van der Waals surface area contributed by atoms with Crippen LogP contribution >= 0.6 is 11.3 Å². The van der Waals surface area contributed by atoms with E-state index in [0.29, 0.717) is 10.7 Å². The zero-order chi connectivity index (χ0) is 17.4. The molecule has 0 unspecified atom stereocenters. The van der Waals surface area contributed by atoms with Crippen molar-refractivity contribution in [2.24, 2.45) is 7.05 Å². The third kappa shape index (κ3) is 2.83. The summed E-state index contributed by atoms with van der Waals surface area (Å²) < 4.78 is 9.09. The molecule has 3 aromatic heterocycles. The largest absolute Gasteiger partial charge is 0.453 e. The molecule has 3 heterocycles. The van der Waals surface area contributed by atoms with Crippen LogP contribution in [0.3, 0.4) is 0 Å². The van der Waals surface area contributed by atoms with Gasteiger partial charge in [0.15, 0.2) is 0 Å². The molecule has 0 saturated carbocycles. The molecule has 0 spiro atoms. The average molecular weight is 352 g/mol. The summed E-state index contributed by atoms with van der Waals surface area (Å²) in [7, 11) is 1.87. The second kappa shape index (κ2) is 6.18. The van der Waals surface area contributed by atoms with E-state index >= 15 is 0 Å². The molecule has 0 amide bonds. The van der Waals surface area contributed by atoms with Crippen LogP contribution in [0.25, 0.3) is 15.9 Å². The molecule has 0 fully saturated rings. The van der Waals surface area contributed by atoms with E-state index in [1.165, 1.54) is 11.3 Å². The van der Waals surface area contributed by atoms with E-state index in [9.17, 15) is 4.79 Å². The highest BCUT2D eigenvalue weighted by Crippen LogP contribution is 2.30. The SMILES string of the molecule is Cc1nn(-c2ccccc2)c2sc(C(=O)OCc3nccn3C)cc12. The number of ether oxygens (including phenoxy) is 1. The van der Waals surface area contributed by atoms with E-state index in [-0.39, 0.29) is 12.6 Å². The molecule has 0 saturated heterocycles. The Morgan fingerprint density at radius 3 is 2.80 bits per heavy atom. The van der Waals surface area contributed by atoms with Gasteiger partial charge >= 0.3 is 5.97 Å². The topological polar surface area (TPSA) is 61.9 Å². The number of rotatable bonds is 4. The number of carbonyl (C=O) groups excluding carboxylic acids is 1. The van der Waals surface area contributed by atoms with Gasteiger partial charge < -0.3 is 9.30 Å². The number of para-hydroxylation sites is 1. The van der Waals surface area contributed by atoms with Crippen molar-refractivity contribution in [1.29, 1.82) is 0 Å². The second-order valence-corrected chi connectivity index (χ2v) is 6.72. The smallest absolute Gasteiger partial charge is 0.348 e. The van der Waals surface area contributed by atoms with Crippen molar-refractivity contribution in [2.75, 3.05) is 0 Å². The fraction of sp³-hybridized carbons (Fsp3) is 0.167. The van der Waals surface area contributed by atoms with Crippen LogP contribution in [0.1, 0.15) is 21.2 Å². The van der Waals surface area contributed by atoms with Crippen LogP contribution in [0, 0.1) is 6.92 Å². The van der Waals surface area contributed by atoms with Gasteiger partial charge in [0.05, 0.1) is 11.4 Å². The number of hydrogen-bond donors (Lipinski definition) is 0. The lowest BCUT2D eigenvalue weighted by Gasteiger charge is -2.03. The number of hydrogen-bond acceptors (Lipinski definition) is 5. The lowest BCUT2D eigenvalue weighted by molar-refractivity contribution is 0.0465. The summed E-state index contributed by atoms with van der Waals surface area (Å²) in [5.41, 5.74) is 1.86. The zero-order valence-corrected chi connectivity index (χ0v) is 14.7. The Bertz CT molecular complexity index is 1050. The molecule has 4 aromatic rings. The monoisotopic (exact) mass is 352 g/mol. The van der Waals surface area contributed by atoms with E-state index in [4.69, 9.17) is 4.74 Å². The van der Waals surface area contributed by atoms with Gasteiger partial charge in [-0.15, -0.1) is 11.3 Å². The van der Waals surface area contributed by atoms with Crippen molar-refractivity contribution < 1.29 is 9.53 Å². The minimum atomic E-state index is -0.344. The number of aryl methyl sites for hydroxylation is 2. The summed E-state index contributed by atoms with van der Waals surface area (Å²) in [4.78, 5) is 18.1. The second-order valence-electron chi connectivity index (χ2n) is 5.69. The molecule has 0 atom stereocenters. The van der Waals surface area contributed by atoms with Crippen molar-refractivity contribution in [3.05, 3.63) is 65.2 Å². The first-order chi connectivity index (χ1) is 12.1. The van der Waals surface area contributed by atoms with Gasteiger partial charge in [0.1, 0.15) is 22.1 Å². The van der Waals surface area contributed by atoms with Crippen LogP contribution in [0.5, 0.6) is 0 Å². The zero-order valence-electron chi connectivity index (χ0n) is 13.8. The molecule has 0 N–H and O–H groups in total. The number of imidazole rings is 1. The van der Waals surface area contributed by atoms with Gasteiger partial charge in [-0.1, -0.05) is 18.2 Å². The van der Waals surface area contributed by atoms with E-state index in [0.717, 1.165) is 21.6 Å².